The topological polar surface area (TPSA) is 110 Å². The van der Waals surface area contributed by atoms with Crippen molar-refractivity contribution in [3.8, 4) is 0 Å². The maximum Gasteiger partial charge on any atom is 0.305 e. The van der Waals surface area contributed by atoms with Gasteiger partial charge in [0.2, 0.25) is 10.0 Å². The molecule has 0 aromatic carbocycles. The van der Waals surface area contributed by atoms with E-state index in [1.165, 1.54) is 19.9 Å². The van der Waals surface area contributed by atoms with Gasteiger partial charge in [0.15, 0.2) is 0 Å². The van der Waals surface area contributed by atoms with Crippen molar-refractivity contribution in [3.05, 3.63) is 17.5 Å². The van der Waals surface area contributed by atoms with E-state index in [0.29, 0.717) is 5.76 Å². The van der Waals surface area contributed by atoms with Crippen molar-refractivity contribution in [1.82, 2.24) is 9.88 Å². The van der Waals surface area contributed by atoms with Gasteiger partial charge in [-0.1, -0.05) is 5.16 Å². The van der Waals surface area contributed by atoms with E-state index >= 15 is 0 Å². The van der Waals surface area contributed by atoms with Crippen molar-refractivity contribution in [2.75, 3.05) is 0 Å². The monoisotopic (exact) mass is 276 g/mol. The molecule has 0 fully saturated rings. The molecule has 0 saturated heterocycles. The number of aromatic nitrogens is 1. The van der Waals surface area contributed by atoms with Crippen LogP contribution in [0.1, 0.15) is 31.7 Å². The van der Waals surface area contributed by atoms with E-state index in [2.05, 4.69) is 9.88 Å². The molecule has 0 amide bonds. The van der Waals surface area contributed by atoms with Crippen LogP contribution in [-0.4, -0.2) is 30.2 Å². The first-order valence-electron chi connectivity index (χ1n) is 5.25. The molecule has 1 heterocycles. The van der Waals surface area contributed by atoms with Crippen molar-refractivity contribution >= 4 is 16.0 Å². The smallest absolute Gasteiger partial charge is 0.305 e. The number of aliphatic carboxylic acids is 1. The second-order valence-corrected chi connectivity index (χ2v) is 6.47. The van der Waals surface area contributed by atoms with Gasteiger partial charge in [0, 0.05) is 11.6 Å². The van der Waals surface area contributed by atoms with Gasteiger partial charge in [-0.25, -0.2) is 13.1 Å². The van der Waals surface area contributed by atoms with Crippen LogP contribution in [0.4, 0.5) is 0 Å². The number of carbonyl (C=O) groups is 1. The Morgan fingerprint density at radius 2 is 2.17 bits per heavy atom. The van der Waals surface area contributed by atoms with Crippen molar-refractivity contribution in [3.63, 3.8) is 0 Å². The van der Waals surface area contributed by atoms with Crippen molar-refractivity contribution in [2.45, 2.75) is 38.5 Å². The highest BCUT2D eigenvalue weighted by Crippen LogP contribution is 2.13. The fraction of sp³-hybridized carbons (Fsp3) is 0.600. The molecule has 0 unspecified atom stereocenters. The third-order valence-electron chi connectivity index (χ3n) is 2.04. The minimum atomic E-state index is -3.66. The molecule has 18 heavy (non-hydrogen) atoms. The average Bonchev–Trinajstić information content (AvgIpc) is 2.44. The normalized spacial score (nSPS) is 12.6. The fourth-order valence-corrected chi connectivity index (χ4v) is 3.06. The van der Waals surface area contributed by atoms with E-state index in [-0.39, 0.29) is 17.9 Å². The van der Waals surface area contributed by atoms with Crippen molar-refractivity contribution in [2.24, 2.45) is 0 Å². The Morgan fingerprint density at radius 3 is 2.61 bits per heavy atom. The molecule has 0 spiro atoms. The molecule has 0 radical (unpaired) electrons. The number of nitrogens with one attached hydrogen (secondary N) is 1. The lowest BCUT2D eigenvalue weighted by molar-refractivity contribution is -0.138. The number of aryl methyl sites for hydroxylation is 1. The first-order valence-corrected chi connectivity index (χ1v) is 6.90. The number of hydrogen-bond acceptors (Lipinski definition) is 5. The summed E-state index contributed by atoms with van der Waals surface area (Å²) in [7, 11) is -3.66. The fourth-order valence-electron chi connectivity index (χ4n) is 1.55. The van der Waals surface area contributed by atoms with E-state index < -0.39 is 21.5 Å². The predicted octanol–water partition coefficient (Wildman–Crippen LogP) is 0.656. The Balaban J connectivity index is 2.73. The largest absolute Gasteiger partial charge is 0.481 e. The third-order valence-corrected chi connectivity index (χ3v) is 3.58. The average molecular weight is 276 g/mol. The van der Waals surface area contributed by atoms with Crippen LogP contribution in [0.15, 0.2) is 10.6 Å². The molecule has 102 valence electrons. The Kier molecular flexibility index (Phi) is 4.12. The van der Waals surface area contributed by atoms with Gasteiger partial charge in [0.25, 0.3) is 0 Å². The number of carboxylic acid groups (broad SMARTS) is 1. The zero-order chi connectivity index (χ0) is 14.0. The minimum absolute atomic E-state index is 0.283. The number of sulfonamides is 1. The van der Waals surface area contributed by atoms with E-state index in [0.717, 1.165) is 0 Å². The lowest BCUT2D eigenvalue weighted by Crippen LogP contribution is -2.45. The summed E-state index contributed by atoms with van der Waals surface area (Å²) in [6.45, 7) is 4.67. The van der Waals surface area contributed by atoms with Crippen LogP contribution in [0.3, 0.4) is 0 Å². The molecule has 2 N–H and O–H groups in total. The molecule has 0 bridgehead atoms. The molecule has 0 aliphatic heterocycles. The van der Waals surface area contributed by atoms with Gasteiger partial charge < -0.3 is 9.63 Å². The second-order valence-electron chi connectivity index (χ2n) is 4.74. The van der Waals surface area contributed by atoms with E-state index in [4.69, 9.17) is 9.63 Å². The maximum atomic E-state index is 11.8. The second kappa shape index (κ2) is 5.07. The van der Waals surface area contributed by atoms with Crippen LogP contribution in [0.2, 0.25) is 0 Å². The molecule has 0 aliphatic carbocycles. The highest BCUT2D eigenvalue weighted by atomic mass is 32.2. The third kappa shape index (κ3) is 4.84. The summed E-state index contributed by atoms with van der Waals surface area (Å²) >= 11 is 0. The maximum absolute atomic E-state index is 11.8. The highest BCUT2D eigenvalue weighted by molar-refractivity contribution is 7.88. The number of hydrogen-bond donors (Lipinski definition) is 2. The molecule has 7 nitrogen and oxygen atoms in total. The van der Waals surface area contributed by atoms with Crippen LogP contribution in [0, 0.1) is 6.92 Å². The van der Waals surface area contributed by atoms with Gasteiger partial charge in [-0.05, 0) is 20.8 Å². The highest BCUT2D eigenvalue weighted by Gasteiger charge is 2.28. The molecule has 1 aromatic heterocycles. The lowest BCUT2D eigenvalue weighted by atomic mass is 10.0. The SMILES string of the molecule is Cc1cc(CS(=O)(=O)NC(C)(C)CC(=O)O)no1. The van der Waals surface area contributed by atoms with E-state index in [1.807, 2.05) is 0 Å². The Bertz CT molecular complexity index is 532. The molecular weight excluding hydrogens is 260 g/mol. The summed E-state index contributed by atoms with van der Waals surface area (Å²) in [4.78, 5) is 10.6. The van der Waals surface area contributed by atoms with E-state index in [9.17, 15) is 13.2 Å². The quantitative estimate of drug-likeness (QED) is 0.789. The van der Waals surface area contributed by atoms with Crippen LogP contribution in [0.5, 0.6) is 0 Å². The molecule has 8 heteroatoms. The summed E-state index contributed by atoms with van der Waals surface area (Å²) in [6, 6.07) is 1.52. The van der Waals surface area contributed by atoms with Crippen molar-refractivity contribution in [1.29, 1.82) is 0 Å². The molecule has 1 aromatic rings. The number of nitrogens with zero attached hydrogens (tertiary/aromatic N) is 1. The van der Waals surface area contributed by atoms with Gasteiger partial charge in [0.1, 0.15) is 17.2 Å². The standard InChI is InChI=1S/C10H16N2O5S/c1-7-4-8(11-17-7)6-18(15,16)12-10(2,3)5-9(13)14/h4,12H,5-6H2,1-3H3,(H,13,14). The van der Waals surface area contributed by atoms with Gasteiger partial charge in [-0.2, -0.15) is 0 Å². The zero-order valence-electron chi connectivity index (χ0n) is 10.4. The van der Waals surface area contributed by atoms with Crippen LogP contribution >= 0.6 is 0 Å². The van der Waals surface area contributed by atoms with Gasteiger partial charge >= 0.3 is 5.97 Å². The zero-order valence-corrected chi connectivity index (χ0v) is 11.2. The number of rotatable bonds is 6. The van der Waals surface area contributed by atoms with E-state index in [1.54, 1.807) is 6.92 Å². The molecule has 1 rings (SSSR count). The summed E-state index contributed by atoms with van der Waals surface area (Å²) in [5.41, 5.74) is -0.769. The predicted molar refractivity (Wildman–Crippen MR) is 63.3 cm³/mol. The van der Waals surface area contributed by atoms with Gasteiger partial charge in [-0.3, -0.25) is 4.79 Å². The van der Waals surface area contributed by atoms with Gasteiger partial charge in [0.05, 0.1) is 6.42 Å². The molecule has 0 aliphatic rings. The number of carboxylic acids is 1. The first-order chi connectivity index (χ1) is 8.10. The van der Waals surface area contributed by atoms with Crippen molar-refractivity contribution < 1.29 is 22.8 Å². The lowest BCUT2D eigenvalue weighted by Gasteiger charge is -2.23. The van der Waals surface area contributed by atoms with Gasteiger partial charge in [-0.15, -0.1) is 0 Å². The Morgan fingerprint density at radius 1 is 1.56 bits per heavy atom. The first kappa shape index (κ1) is 14.7. The molecule has 0 atom stereocenters. The summed E-state index contributed by atoms with van der Waals surface area (Å²) in [5.74, 6) is -0.891. The van der Waals surface area contributed by atoms with Crippen LogP contribution in [-0.2, 0) is 20.6 Å². The minimum Gasteiger partial charge on any atom is -0.481 e. The van der Waals surface area contributed by atoms with Crippen LogP contribution < -0.4 is 4.72 Å². The summed E-state index contributed by atoms with van der Waals surface area (Å²) in [6.07, 6.45) is -0.302. The van der Waals surface area contributed by atoms with Crippen LogP contribution in [0.25, 0.3) is 0 Å². The molecular formula is C10H16N2O5S. The Hall–Kier alpha value is -1.41. The summed E-state index contributed by atoms with van der Waals surface area (Å²) < 4.78 is 30.7. The molecule has 0 saturated carbocycles. The summed E-state index contributed by atoms with van der Waals surface area (Å²) in [5, 5.41) is 12.3. The Labute approximate surface area is 105 Å².